The molecule has 1 aliphatic heterocycles. The Morgan fingerprint density at radius 2 is 2.07 bits per heavy atom. The minimum absolute atomic E-state index is 0.246. The molecule has 0 aromatic rings. The van der Waals surface area contributed by atoms with E-state index in [1.165, 1.54) is 6.42 Å². The molecule has 15 heavy (non-hydrogen) atoms. The first-order valence-corrected chi connectivity index (χ1v) is 6.35. The molecule has 2 fully saturated rings. The van der Waals surface area contributed by atoms with Gasteiger partial charge in [0.1, 0.15) is 0 Å². The van der Waals surface area contributed by atoms with Gasteiger partial charge in [0.25, 0.3) is 0 Å². The number of piperidine rings is 1. The van der Waals surface area contributed by atoms with Crippen LogP contribution in [0, 0.1) is 17.8 Å². The molecular weight excluding hydrogens is 186 g/mol. The quantitative estimate of drug-likeness (QED) is 0.708. The number of nitrogens with zero attached hydrogens (tertiary/aromatic N) is 1. The maximum absolute atomic E-state index is 12.3. The van der Waals surface area contributed by atoms with Gasteiger partial charge in [0.15, 0.2) is 5.78 Å². The zero-order valence-corrected chi connectivity index (χ0v) is 10.4. The van der Waals surface area contributed by atoms with Crippen LogP contribution >= 0.6 is 0 Å². The summed E-state index contributed by atoms with van der Waals surface area (Å²) in [5.74, 6) is 2.28. The second-order valence-electron chi connectivity index (χ2n) is 5.61. The van der Waals surface area contributed by atoms with Crippen LogP contribution in [-0.4, -0.2) is 29.3 Å². The number of hydrogen-bond donors (Lipinski definition) is 0. The second kappa shape index (κ2) is 3.89. The van der Waals surface area contributed by atoms with Crippen LogP contribution in [-0.2, 0) is 4.79 Å². The number of Topliss-reactive ketones (excluding diaryl/α,β-unsaturated/α-hetero) is 1. The number of fused-ring (bicyclic) bond motifs is 1. The molecule has 1 aliphatic carbocycles. The van der Waals surface area contributed by atoms with Gasteiger partial charge in [-0.3, -0.25) is 9.69 Å². The third kappa shape index (κ3) is 1.84. The number of hydrogen-bond acceptors (Lipinski definition) is 2. The van der Waals surface area contributed by atoms with Crippen LogP contribution in [0.25, 0.3) is 0 Å². The first-order chi connectivity index (χ1) is 7.06. The number of likely N-dealkylation sites (tertiary alicyclic amines) is 1. The molecule has 0 aromatic carbocycles. The van der Waals surface area contributed by atoms with Crippen molar-refractivity contribution >= 4 is 5.78 Å². The van der Waals surface area contributed by atoms with E-state index in [4.69, 9.17) is 0 Å². The van der Waals surface area contributed by atoms with E-state index in [2.05, 4.69) is 32.6 Å². The van der Waals surface area contributed by atoms with Gasteiger partial charge in [-0.05, 0) is 38.5 Å². The monoisotopic (exact) mass is 209 g/mol. The van der Waals surface area contributed by atoms with Crippen molar-refractivity contribution < 1.29 is 4.79 Å². The zero-order valence-electron chi connectivity index (χ0n) is 10.4. The van der Waals surface area contributed by atoms with Crippen molar-refractivity contribution in [1.82, 2.24) is 4.90 Å². The Hall–Kier alpha value is -0.370. The molecule has 1 heterocycles. The fourth-order valence-corrected chi connectivity index (χ4v) is 2.90. The highest BCUT2D eigenvalue weighted by atomic mass is 16.1. The van der Waals surface area contributed by atoms with E-state index in [9.17, 15) is 4.79 Å². The Bertz CT molecular complexity index is 261. The Balaban J connectivity index is 2.08. The summed E-state index contributed by atoms with van der Waals surface area (Å²) in [6, 6.07) is 0.778. The Kier molecular flexibility index (Phi) is 2.89. The van der Waals surface area contributed by atoms with Gasteiger partial charge in [-0.1, -0.05) is 13.8 Å². The summed E-state index contributed by atoms with van der Waals surface area (Å²) in [5.41, 5.74) is 0. The number of rotatable bonds is 4. The van der Waals surface area contributed by atoms with Crippen molar-refractivity contribution in [2.45, 2.75) is 52.6 Å². The topological polar surface area (TPSA) is 20.3 Å². The van der Waals surface area contributed by atoms with Gasteiger partial charge in [0.2, 0.25) is 0 Å². The molecule has 86 valence electrons. The van der Waals surface area contributed by atoms with Crippen LogP contribution in [0.4, 0.5) is 0 Å². The third-order valence-corrected chi connectivity index (χ3v) is 4.24. The second-order valence-corrected chi connectivity index (χ2v) is 5.61. The van der Waals surface area contributed by atoms with E-state index in [-0.39, 0.29) is 12.0 Å². The standard InChI is InChI=1S/C13H23NO/c1-5-9(4)13(15)12-11-6-10(11)7-14(12)8(2)3/h8-12H,5-7H2,1-4H3. The molecule has 1 saturated carbocycles. The number of carbonyl (C=O) groups is 1. The van der Waals surface area contributed by atoms with Crippen molar-refractivity contribution in [3.05, 3.63) is 0 Å². The maximum Gasteiger partial charge on any atom is 0.153 e. The molecule has 0 aromatic heterocycles. The molecule has 1 saturated heterocycles. The molecule has 0 amide bonds. The third-order valence-electron chi connectivity index (χ3n) is 4.24. The molecule has 4 atom stereocenters. The molecule has 2 nitrogen and oxygen atoms in total. The van der Waals surface area contributed by atoms with Crippen LogP contribution < -0.4 is 0 Å². The van der Waals surface area contributed by atoms with Crippen LogP contribution in [0.2, 0.25) is 0 Å². The van der Waals surface area contributed by atoms with E-state index in [0.717, 1.165) is 18.9 Å². The van der Waals surface area contributed by atoms with Crippen molar-refractivity contribution in [3.63, 3.8) is 0 Å². The SMILES string of the molecule is CCC(C)C(=O)C1C2CC2CN1C(C)C. The van der Waals surface area contributed by atoms with Crippen LogP contribution in [0.5, 0.6) is 0 Å². The Labute approximate surface area is 93.0 Å². The van der Waals surface area contributed by atoms with Gasteiger partial charge in [-0.2, -0.15) is 0 Å². The van der Waals surface area contributed by atoms with E-state index in [1.807, 2.05) is 0 Å². The predicted molar refractivity (Wildman–Crippen MR) is 61.7 cm³/mol. The molecule has 2 rings (SSSR count). The average Bonchev–Trinajstić information content (AvgIpc) is 2.87. The van der Waals surface area contributed by atoms with Crippen molar-refractivity contribution in [2.24, 2.45) is 17.8 Å². The summed E-state index contributed by atoms with van der Waals surface area (Å²) in [4.78, 5) is 14.7. The number of ketones is 1. The van der Waals surface area contributed by atoms with Gasteiger partial charge in [-0.25, -0.2) is 0 Å². The largest absolute Gasteiger partial charge is 0.298 e. The van der Waals surface area contributed by atoms with Gasteiger partial charge in [0, 0.05) is 18.5 Å². The van der Waals surface area contributed by atoms with Crippen molar-refractivity contribution in [3.8, 4) is 0 Å². The summed E-state index contributed by atoms with van der Waals surface area (Å²) in [7, 11) is 0. The lowest BCUT2D eigenvalue weighted by atomic mass is 9.94. The highest BCUT2D eigenvalue weighted by molar-refractivity contribution is 5.87. The highest BCUT2D eigenvalue weighted by Gasteiger charge is 2.55. The molecular formula is C13H23NO. The highest BCUT2D eigenvalue weighted by Crippen LogP contribution is 2.50. The summed E-state index contributed by atoms with van der Waals surface area (Å²) >= 11 is 0. The molecule has 0 spiro atoms. The van der Waals surface area contributed by atoms with Gasteiger partial charge < -0.3 is 0 Å². The van der Waals surface area contributed by atoms with Gasteiger partial charge in [0.05, 0.1) is 6.04 Å². The summed E-state index contributed by atoms with van der Waals surface area (Å²) in [6.07, 6.45) is 2.29. The van der Waals surface area contributed by atoms with E-state index >= 15 is 0 Å². The fourth-order valence-electron chi connectivity index (χ4n) is 2.90. The normalized spacial score (nSPS) is 36.7. The fraction of sp³-hybridized carbons (Fsp3) is 0.923. The molecule has 4 unspecified atom stereocenters. The van der Waals surface area contributed by atoms with Crippen molar-refractivity contribution in [1.29, 1.82) is 0 Å². The van der Waals surface area contributed by atoms with Crippen molar-refractivity contribution in [2.75, 3.05) is 6.54 Å². The molecule has 0 bridgehead atoms. The van der Waals surface area contributed by atoms with E-state index in [1.54, 1.807) is 0 Å². The lowest BCUT2D eigenvalue weighted by Crippen LogP contribution is -2.45. The summed E-state index contributed by atoms with van der Waals surface area (Å²) in [6.45, 7) is 9.77. The first-order valence-electron chi connectivity index (χ1n) is 6.35. The summed E-state index contributed by atoms with van der Waals surface area (Å²) in [5, 5.41) is 0. The van der Waals surface area contributed by atoms with Gasteiger partial charge in [-0.15, -0.1) is 0 Å². The average molecular weight is 209 g/mol. The minimum Gasteiger partial charge on any atom is -0.298 e. The zero-order chi connectivity index (χ0) is 11.2. The molecule has 2 aliphatic rings. The predicted octanol–water partition coefficient (Wildman–Crippen LogP) is 2.33. The smallest absolute Gasteiger partial charge is 0.153 e. The molecule has 0 N–H and O–H groups in total. The number of carbonyl (C=O) groups excluding carboxylic acids is 1. The van der Waals surface area contributed by atoms with Crippen LogP contribution in [0.15, 0.2) is 0 Å². The van der Waals surface area contributed by atoms with Gasteiger partial charge >= 0.3 is 0 Å². The first kappa shape index (κ1) is 11.1. The lowest BCUT2D eigenvalue weighted by molar-refractivity contribution is -0.128. The Morgan fingerprint density at radius 3 is 2.60 bits per heavy atom. The van der Waals surface area contributed by atoms with E-state index < -0.39 is 0 Å². The molecule has 2 heteroatoms. The Morgan fingerprint density at radius 1 is 1.40 bits per heavy atom. The molecule has 0 radical (unpaired) electrons. The summed E-state index contributed by atoms with van der Waals surface area (Å²) < 4.78 is 0. The maximum atomic E-state index is 12.3. The minimum atomic E-state index is 0.246. The van der Waals surface area contributed by atoms with Crippen LogP contribution in [0.1, 0.15) is 40.5 Å². The lowest BCUT2D eigenvalue weighted by Gasteiger charge is -2.31. The van der Waals surface area contributed by atoms with E-state index in [0.29, 0.717) is 17.7 Å². The van der Waals surface area contributed by atoms with Crippen LogP contribution in [0.3, 0.4) is 0 Å².